The molecule has 11 heavy (non-hydrogen) atoms. The maximum absolute atomic E-state index is 10.5. The van der Waals surface area contributed by atoms with Gasteiger partial charge in [0.05, 0.1) is 22.8 Å². The molecule has 0 amide bonds. The molecule has 0 spiro atoms. The van der Waals surface area contributed by atoms with E-state index >= 15 is 0 Å². The van der Waals surface area contributed by atoms with Gasteiger partial charge in [-0.1, -0.05) is 0 Å². The molecule has 1 radical (unpaired) electrons. The number of rotatable bonds is 1. The Labute approximate surface area is 66.1 Å². The molecular formula is C8H11N2O. The van der Waals surface area contributed by atoms with Gasteiger partial charge in [-0.15, -0.1) is 0 Å². The Hall–Kier alpha value is -0.960. The highest BCUT2D eigenvalue weighted by molar-refractivity contribution is 5.16. The van der Waals surface area contributed by atoms with Crippen molar-refractivity contribution >= 4 is 0 Å². The summed E-state index contributed by atoms with van der Waals surface area (Å²) in [7, 11) is 0. The maximum Gasteiger partial charge on any atom is 0.126 e. The van der Waals surface area contributed by atoms with Gasteiger partial charge in [-0.25, -0.2) is 5.11 Å². The first-order valence-electron chi connectivity index (χ1n) is 3.54. The number of aromatic nitrogens is 2. The van der Waals surface area contributed by atoms with Gasteiger partial charge in [-0.05, 0) is 20.8 Å². The van der Waals surface area contributed by atoms with Crippen LogP contribution in [0.5, 0.6) is 0 Å². The van der Waals surface area contributed by atoms with Gasteiger partial charge >= 0.3 is 0 Å². The lowest BCUT2D eigenvalue weighted by Crippen LogP contribution is -2.01. The lowest BCUT2D eigenvalue weighted by molar-refractivity contribution is 0.172. The van der Waals surface area contributed by atoms with E-state index in [1.807, 2.05) is 20.8 Å². The Bertz CT molecular complexity index is 271. The third-order valence-corrected chi connectivity index (χ3v) is 1.72. The van der Waals surface area contributed by atoms with Crippen LogP contribution in [0, 0.1) is 20.8 Å². The summed E-state index contributed by atoms with van der Waals surface area (Å²) in [5.41, 5.74) is 3.07. The molecule has 0 saturated carbocycles. The zero-order chi connectivity index (χ0) is 8.43. The Balaban J connectivity index is 3.21. The second kappa shape index (κ2) is 2.96. The first-order chi connectivity index (χ1) is 5.15. The summed E-state index contributed by atoms with van der Waals surface area (Å²) in [5, 5.41) is 10.5. The SMILES string of the molecule is Cc1nc(C)c(C[O])nc1C. The largest absolute Gasteiger partial charge is 0.255 e. The van der Waals surface area contributed by atoms with Crippen LogP contribution in [-0.4, -0.2) is 9.97 Å². The van der Waals surface area contributed by atoms with Crippen LogP contribution in [0.25, 0.3) is 0 Å². The number of hydrogen-bond donors (Lipinski definition) is 0. The summed E-state index contributed by atoms with van der Waals surface area (Å²) in [6.45, 7) is 5.29. The highest BCUT2D eigenvalue weighted by Crippen LogP contribution is 2.06. The van der Waals surface area contributed by atoms with Crippen molar-refractivity contribution in [3.63, 3.8) is 0 Å². The molecule has 0 unspecified atom stereocenters. The summed E-state index contributed by atoms with van der Waals surface area (Å²) in [5.74, 6) is 0. The number of aryl methyl sites for hydroxylation is 3. The van der Waals surface area contributed by atoms with Crippen molar-refractivity contribution in [1.29, 1.82) is 0 Å². The van der Waals surface area contributed by atoms with Crippen molar-refractivity contribution in [1.82, 2.24) is 9.97 Å². The fraction of sp³-hybridized carbons (Fsp3) is 0.500. The van der Waals surface area contributed by atoms with Gasteiger partial charge in [0.15, 0.2) is 0 Å². The van der Waals surface area contributed by atoms with E-state index in [1.54, 1.807) is 0 Å². The van der Waals surface area contributed by atoms with E-state index in [4.69, 9.17) is 0 Å². The monoisotopic (exact) mass is 151 g/mol. The fourth-order valence-corrected chi connectivity index (χ4v) is 0.898. The lowest BCUT2D eigenvalue weighted by atomic mass is 10.3. The summed E-state index contributed by atoms with van der Waals surface area (Å²) >= 11 is 0. The third-order valence-electron chi connectivity index (χ3n) is 1.72. The molecular weight excluding hydrogens is 140 g/mol. The van der Waals surface area contributed by atoms with Crippen molar-refractivity contribution < 1.29 is 5.11 Å². The van der Waals surface area contributed by atoms with Crippen molar-refractivity contribution in [2.24, 2.45) is 0 Å². The molecule has 3 heteroatoms. The highest BCUT2D eigenvalue weighted by Gasteiger charge is 2.03. The van der Waals surface area contributed by atoms with Crippen LogP contribution >= 0.6 is 0 Å². The molecule has 0 aliphatic carbocycles. The molecule has 59 valence electrons. The molecule has 1 rings (SSSR count). The van der Waals surface area contributed by atoms with Crippen LogP contribution in [0.1, 0.15) is 22.8 Å². The van der Waals surface area contributed by atoms with E-state index in [2.05, 4.69) is 9.97 Å². The number of nitrogens with zero attached hydrogens (tertiary/aromatic N) is 2. The zero-order valence-corrected chi connectivity index (χ0v) is 7.01. The molecule has 0 fully saturated rings. The van der Waals surface area contributed by atoms with E-state index in [9.17, 15) is 5.11 Å². The molecule has 0 aliphatic heterocycles. The van der Waals surface area contributed by atoms with Crippen LogP contribution < -0.4 is 0 Å². The molecule has 0 aromatic carbocycles. The summed E-state index contributed by atoms with van der Waals surface area (Å²) < 4.78 is 0. The average molecular weight is 151 g/mol. The minimum Gasteiger partial charge on any atom is -0.255 e. The van der Waals surface area contributed by atoms with E-state index in [0.717, 1.165) is 17.1 Å². The van der Waals surface area contributed by atoms with Crippen molar-refractivity contribution in [2.45, 2.75) is 27.4 Å². The molecule has 0 atom stereocenters. The fourth-order valence-electron chi connectivity index (χ4n) is 0.898. The normalized spacial score (nSPS) is 10.2. The van der Waals surface area contributed by atoms with Crippen LogP contribution in [0.4, 0.5) is 0 Å². The van der Waals surface area contributed by atoms with Gasteiger partial charge < -0.3 is 0 Å². The molecule has 0 saturated heterocycles. The Morgan fingerprint density at radius 1 is 1.00 bits per heavy atom. The Morgan fingerprint density at radius 3 is 2.09 bits per heavy atom. The summed E-state index contributed by atoms with van der Waals surface area (Å²) in [6.07, 6.45) is 0. The third kappa shape index (κ3) is 1.54. The Kier molecular flexibility index (Phi) is 2.19. The van der Waals surface area contributed by atoms with Crippen molar-refractivity contribution in [3.05, 3.63) is 22.8 Å². The second-order valence-corrected chi connectivity index (χ2v) is 2.57. The Morgan fingerprint density at radius 2 is 1.55 bits per heavy atom. The quantitative estimate of drug-likeness (QED) is 0.607. The van der Waals surface area contributed by atoms with Crippen molar-refractivity contribution in [2.75, 3.05) is 0 Å². The molecule has 3 nitrogen and oxygen atoms in total. The second-order valence-electron chi connectivity index (χ2n) is 2.57. The van der Waals surface area contributed by atoms with E-state index in [1.165, 1.54) is 0 Å². The van der Waals surface area contributed by atoms with Crippen molar-refractivity contribution in [3.8, 4) is 0 Å². The standard InChI is InChI=1S/C8H11N2O/c1-5-6(2)10-8(4-11)7(3)9-5/h4H2,1-3H3. The summed E-state index contributed by atoms with van der Waals surface area (Å²) in [4.78, 5) is 8.30. The van der Waals surface area contributed by atoms with Gasteiger partial charge in [0.2, 0.25) is 0 Å². The molecule has 1 aromatic heterocycles. The smallest absolute Gasteiger partial charge is 0.126 e. The van der Waals surface area contributed by atoms with Gasteiger partial charge in [-0.3, -0.25) is 9.97 Å². The van der Waals surface area contributed by atoms with E-state index < -0.39 is 0 Å². The van der Waals surface area contributed by atoms with Gasteiger partial charge in [-0.2, -0.15) is 0 Å². The van der Waals surface area contributed by atoms with Crippen LogP contribution in [0.2, 0.25) is 0 Å². The predicted molar refractivity (Wildman–Crippen MR) is 40.6 cm³/mol. The zero-order valence-electron chi connectivity index (χ0n) is 7.01. The van der Waals surface area contributed by atoms with E-state index in [0.29, 0.717) is 5.69 Å². The van der Waals surface area contributed by atoms with Gasteiger partial charge in [0.1, 0.15) is 6.61 Å². The minimum atomic E-state index is -0.278. The van der Waals surface area contributed by atoms with E-state index in [-0.39, 0.29) is 6.61 Å². The summed E-state index contributed by atoms with van der Waals surface area (Å²) in [6, 6.07) is 0. The first kappa shape index (κ1) is 8.14. The van der Waals surface area contributed by atoms with Crippen LogP contribution in [0.3, 0.4) is 0 Å². The lowest BCUT2D eigenvalue weighted by Gasteiger charge is -2.03. The van der Waals surface area contributed by atoms with Crippen LogP contribution in [0.15, 0.2) is 0 Å². The maximum atomic E-state index is 10.5. The average Bonchev–Trinajstić information content (AvgIpc) is 1.97. The van der Waals surface area contributed by atoms with Gasteiger partial charge in [0.25, 0.3) is 0 Å². The minimum absolute atomic E-state index is 0.278. The molecule has 1 aromatic rings. The molecule has 1 heterocycles. The first-order valence-corrected chi connectivity index (χ1v) is 3.54. The highest BCUT2D eigenvalue weighted by atomic mass is 16.3. The predicted octanol–water partition coefficient (Wildman–Crippen LogP) is 1.33. The topological polar surface area (TPSA) is 45.7 Å². The molecule has 0 aliphatic rings. The van der Waals surface area contributed by atoms with Gasteiger partial charge in [0, 0.05) is 0 Å². The van der Waals surface area contributed by atoms with Crippen LogP contribution in [-0.2, 0) is 11.7 Å². The number of hydrogen-bond acceptors (Lipinski definition) is 2. The molecule has 0 bridgehead atoms. The molecule has 0 N–H and O–H groups in total.